The van der Waals surface area contributed by atoms with Gasteiger partial charge in [-0.25, -0.2) is 0 Å². The zero-order valence-electron chi connectivity index (χ0n) is 11.6. The van der Waals surface area contributed by atoms with Crippen LogP contribution in [0.25, 0.3) is 0 Å². The predicted octanol–water partition coefficient (Wildman–Crippen LogP) is 5.03. The molecule has 1 aromatic heterocycles. The summed E-state index contributed by atoms with van der Waals surface area (Å²) in [5.74, 6) is 2.41. The molecule has 0 aliphatic heterocycles. The van der Waals surface area contributed by atoms with E-state index in [1.54, 1.807) is 5.56 Å². The van der Waals surface area contributed by atoms with Gasteiger partial charge in [0.05, 0.1) is 0 Å². The Morgan fingerprint density at radius 3 is 2.78 bits per heavy atom. The fourth-order valence-corrected chi connectivity index (χ4v) is 4.67. The monoisotopic (exact) mass is 329 g/mol. The Labute approximate surface area is 123 Å². The van der Waals surface area contributed by atoms with Gasteiger partial charge in [0.15, 0.2) is 0 Å². The van der Waals surface area contributed by atoms with Gasteiger partial charge in [0, 0.05) is 15.9 Å². The van der Waals surface area contributed by atoms with Crippen LogP contribution < -0.4 is 5.32 Å². The minimum atomic E-state index is 0.593. The first-order valence-corrected chi connectivity index (χ1v) is 8.76. The Balaban J connectivity index is 2.09. The highest BCUT2D eigenvalue weighted by Gasteiger charge is 2.31. The van der Waals surface area contributed by atoms with Crippen molar-refractivity contribution >= 4 is 27.3 Å². The number of halogens is 1. The van der Waals surface area contributed by atoms with E-state index in [1.165, 1.54) is 23.7 Å². The van der Waals surface area contributed by atoms with Crippen LogP contribution in [0.15, 0.2) is 15.2 Å². The highest BCUT2D eigenvalue weighted by atomic mass is 79.9. The third kappa shape index (κ3) is 3.58. The smallest absolute Gasteiger partial charge is 0.0317 e. The van der Waals surface area contributed by atoms with Crippen molar-refractivity contribution in [2.75, 3.05) is 6.54 Å². The maximum absolute atomic E-state index is 3.72. The summed E-state index contributed by atoms with van der Waals surface area (Å²) in [7, 11) is 0. The van der Waals surface area contributed by atoms with Crippen molar-refractivity contribution in [1.29, 1.82) is 0 Å². The molecule has 1 heterocycles. The van der Waals surface area contributed by atoms with Crippen LogP contribution >= 0.6 is 27.3 Å². The molecule has 0 saturated heterocycles. The molecule has 0 amide bonds. The van der Waals surface area contributed by atoms with Gasteiger partial charge < -0.3 is 5.32 Å². The molecular formula is C15H24BrNS. The normalized spacial score (nSPS) is 28.8. The van der Waals surface area contributed by atoms with Gasteiger partial charge in [0.25, 0.3) is 0 Å². The summed E-state index contributed by atoms with van der Waals surface area (Å²) in [6, 6.07) is 0.593. The van der Waals surface area contributed by atoms with Crippen molar-refractivity contribution in [2.24, 2.45) is 11.8 Å². The number of hydrogen-bond donors (Lipinski definition) is 1. The van der Waals surface area contributed by atoms with E-state index in [0.717, 1.165) is 24.3 Å². The van der Waals surface area contributed by atoms with Gasteiger partial charge in [-0.05, 0) is 64.0 Å². The van der Waals surface area contributed by atoms with Crippen LogP contribution in [0.3, 0.4) is 0 Å². The van der Waals surface area contributed by atoms with E-state index in [-0.39, 0.29) is 0 Å². The molecule has 1 N–H and O–H groups in total. The molecule has 0 radical (unpaired) electrons. The molecule has 2 rings (SSSR count). The summed E-state index contributed by atoms with van der Waals surface area (Å²) in [5.41, 5.74) is 1.54. The molecule has 3 atom stereocenters. The van der Waals surface area contributed by atoms with Crippen LogP contribution in [-0.4, -0.2) is 12.6 Å². The van der Waals surface area contributed by atoms with Gasteiger partial charge in [-0.2, -0.15) is 11.3 Å². The maximum atomic E-state index is 3.72. The number of thiophene rings is 1. The van der Waals surface area contributed by atoms with Crippen LogP contribution in [0.2, 0.25) is 0 Å². The Morgan fingerprint density at radius 1 is 1.39 bits per heavy atom. The molecule has 3 heteroatoms. The van der Waals surface area contributed by atoms with Crippen LogP contribution in [-0.2, 0) is 0 Å². The molecule has 1 saturated carbocycles. The minimum Gasteiger partial charge on any atom is -0.314 e. The van der Waals surface area contributed by atoms with Crippen LogP contribution in [0.4, 0.5) is 0 Å². The number of nitrogens with one attached hydrogen (secondary N) is 1. The second kappa shape index (κ2) is 6.53. The summed E-state index contributed by atoms with van der Waals surface area (Å²) in [5, 5.41) is 8.20. The number of rotatable bonds is 4. The van der Waals surface area contributed by atoms with Gasteiger partial charge in [0.1, 0.15) is 0 Å². The summed E-state index contributed by atoms with van der Waals surface area (Å²) in [6.07, 6.45) is 4.11. The Kier molecular flexibility index (Phi) is 5.28. The highest BCUT2D eigenvalue weighted by molar-refractivity contribution is 9.10. The Hall–Kier alpha value is 0.140. The topological polar surface area (TPSA) is 12.0 Å². The predicted molar refractivity (Wildman–Crippen MR) is 84.4 cm³/mol. The molecule has 1 aliphatic rings. The largest absolute Gasteiger partial charge is 0.314 e. The minimum absolute atomic E-state index is 0.593. The molecule has 1 nitrogen and oxygen atoms in total. The molecule has 0 spiro atoms. The average molecular weight is 330 g/mol. The molecule has 1 fully saturated rings. The lowest BCUT2D eigenvalue weighted by atomic mass is 9.72. The van der Waals surface area contributed by atoms with Gasteiger partial charge in [-0.1, -0.05) is 27.2 Å². The van der Waals surface area contributed by atoms with E-state index in [2.05, 4.69) is 52.8 Å². The molecule has 102 valence electrons. The van der Waals surface area contributed by atoms with Crippen LogP contribution in [0, 0.1) is 11.8 Å². The Bertz CT molecular complexity index is 374. The Morgan fingerprint density at radius 2 is 2.17 bits per heavy atom. The van der Waals surface area contributed by atoms with Crippen LogP contribution in [0.5, 0.6) is 0 Å². The summed E-state index contributed by atoms with van der Waals surface area (Å²) in [4.78, 5) is 0. The SMILES string of the molecule is CC1CCC(CNC(C)C)C(c2cscc2Br)C1. The molecule has 1 aliphatic carbocycles. The third-order valence-corrected chi connectivity index (χ3v) is 5.84. The molecule has 18 heavy (non-hydrogen) atoms. The second-order valence-electron chi connectivity index (χ2n) is 6.02. The summed E-state index contributed by atoms with van der Waals surface area (Å²) < 4.78 is 1.32. The number of hydrogen-bond acceptors (Lipinski definition) is 2. The first-order chi connectivity index (χ1) is 8.58. The highest BCUT2D eigenvalue weighted by Crippen LogP contribution is 2.43. The van der Waals surface area contributed by atoms with E-state index in [0.29, 0.717) is 6.04 Å². The first kappa shape index (κ1) is 14.5. The zero-order valence-corrected chi connectivity index (χ0v) is 14.0. The fraction of sp³-hybridized carbons (Fsp3) is 0.733. The molecule has 0 aromatic carbocycles. The molecule has 1 aromatic rings. The van der Waals surface area contributed by atoms with Crippen molar-refractivity contribution in [3.05, 3.63) is 20.8 Å². The summed E-state index contributed by atoms with van der Waals surface area (Å²) >= 11 is 5.54. The van der Waals surface area contributed by atoms with Crippen molar-refractivity contribution < 1.29 is 0 Å². The molecule has 3 unspecified atom stereocenters. The lowest BCUT2D eigenvalue weighted by Gasteiger charge is -2.35. The van der Waals surface area contributed by atoms with Crippen molar-refractivity contribution in [1.82, 2.24) is 5.32 Å². The van der Waals surface area contributed by atoms with Crippen molar-refractivity contribution in [3.63, 3.8) is 0 Å². The molecule has 0 bridgehead atoms. The average Bonchev–Trinajstić information content (AvgIpc) is 2.73. The lowest BCUT2D eigenvalue weighted by molar-refractivity contribution is 0.238. The van der Waals surface area contributed by atoms with E-state index >= 15 is 0 Å². The van der Waals surface area contributed by atoms with E-state index in [4.69, 9.17) is 0 Å². The summed E-state index contributed by atoms with van der Waals surface area (Å²) in [6.45, 7) is 8.04. The maximum Gasteiger partial charge on any atom is 0.0317 e. The van der Waals surface area contributed by atoms with E-state index < -0.39 is 0 Å². The van der Waals surface area contributed by atoms with Gasteiger partial charge in [-0.3, -0.25) is 0 Å². The fourth-order valence-electron chi connectivity index (χ4n) is 3.01. The van der Waals surface area contributed by atoms with Gasteiger partial charge >= 0.3 is 0 Å². The third-order valence-electron chi connectivity index (χ3n) is 4.09. The second-order valence-corrected chi connectivity index (χ2v) is 7.62. The van der Waals surface area contributed by atoms with E-state index in [1.807, 2.05) is 11.3 Å². The standard InChI is InChI=1S/C15H24BrNS/c1-10(2)17-7-12-5-4-11(3)6-13(12)14-8-18-9-15(14)16/h8-13,17H,4-7H2,1-3H3. The quantitative estimate of drug-likeness (QED) is 0.816. The van der Waals surface area contributed by atoms with Gasteiger partial charge in [-0.15, -0.1) is 0 Å². The first-order valence-electron chi connectivity index (χ1n) is 7.03. The van der Waals surface area contributed by atoms with Crippen molar-refractivity contribution in [3.8, 4) is 0 Å². The lowest BCUT2D eigenvalue weighted by Crippen LogP contribution is -2.34. The van der Waals surface area contributed by atoms with E-state index in [9.17, 15) is 0 Å². The van der Waals surface area contributed by atoms with Crippen LogP contribution in [0.1, 0.15) is 51.5 Å². The van der Waals surface area contributed by atoms with Gasteiger partial charge in [0.2, 0.25) is 0 Å². The van der Waals surface area contributed by atoms with Crippen molar-refractivity contribution in [2.45, 2.75) is 52.0 Å². The molecular weight excluding hydrogens is 306 g/mol. The zero-order chi connectivity index (χ0) is 13.1.